The SMILES string of the molecule is CC[C@H](C[C@H]1CCc2sc3ncnc(O[C@H]4CC[C@H](NC)CC4)c3c21)OC. The van der Waals surface area contributed by atoms with Crippen molar-refractivity contribution in [3.8, 4) is 5.88 Å². The van der Waals surface area contributed by atoms with Crippen molar-refractivity contribution in [2.24, 2.45) is 0 Å². The Morgan fingerprint density at radius 2 is 2.04 bits per heavy atom. The van der Waals surface area contributed by atoms with Crippen LogP contribution in [-0.4, -0.2) is 42.4 Å². The fourth-order valence-electron chi connectivity index (χ4n) is 4.74. The van der Waals surface area contributed by atoms with Crippen molar-refractivity contribution in [3.05, 3.63) is 16.8 Å². The summed E-state index contributed by atoms with van der Waals surface area (Å²) in [5.74, 6) is 1.34. The van der Waals surface area contributed by atoms with E-state index < -0.39 is 0 Å². The van der Waals surface area contributed by atoms with E-state index in [9.17, 15) is 0 Å². The van der Waals surface area contributed by atoms with E-state index in [2.05, 4.69) is 29.3 Å². The van der Waals surface area contributed by atoms with Gasteiger partial charge in [0.25, 0.3) is 0 Å². The van der Waals surface area contributed by atoms with Crippen LogP contribution in [0.25, 0.3) is 10.2 Å². The molecule has 2 aliphatic carbocycles. The van der Waals surface area contributed by atoms with E-state index >= 15 is 0 Å². The van der Waals surface area contributed by atoms with Crippen LogP contribution in [0.5, 0.6) is 5.88 Å². The van der Waals surface area contributed by atoms with Crippen LogP contribution in [0.3, 0.4) is 0 Å². The molecule has 2 aliphatic rings. The van der Waals surface area contributed by atoms with Crippen LogP contribution in [0.15, 0.2) is 6.33 Å². The number of methoxy groups -OCH3 is 1. The third kappa shape index (κ3) is 3.84. The van der Waals surface area contributed by atoms with Gasteiger partial charge in [-0.25, -0.2) is 9.97 Å². The van der Waals surface area contributed by atoms with Crippen molar-refractivity contribution in [1.29, 1.82) is 0 Å². The molecule has 4 rings (SSSR count). The van der Waals surface area contributed by atoms with Crippen LogP contribution >= 0.6 is 11.3 Å². The van der Waals surface area contributed by atoms with Gasteiger partial charge in [-0.3, -0.25) is 0 Å². The first-order valence-electron chi connectivity index (χ1n) is 10.4. The zero-order valence-electron chi connectivity index (χ0n) is 16.7. The molecule has 0 radical (unpaired) electrons. The number of rotatable bonds is 7. The molecule has 1 N–H and O–H groups in total. The summed E-state index contributed by atoms with van der Waals surface area (Å²) in [4.78, 5) is 11.7. The van der Waals surface area contributed by atoms with E-state index in [1.165, 1.54) is 35.1 Å². The molecule has 2 heterocycles. The van der Waals surface area contributed by atoms with Gasteiger partial charge in [-0.15, -0.1) is 11.3 Å². The average molecular weight is 390 g/mol. The molecule has 0 saturated heterocycles. The van der Waals surface area contributed by atoms with Crippen molar-refractivity contribution in [2.75, 3.05) is 14.2 Å². The molecule has 2 atom stereocenters. The molecule has 0 unspecified atom stereocenters. The van der Waals surface area contributed by atoms with E-state index in [1.54, 1.807) is 6.33 Å². The van der Waals surface area contributed by atoms with Gasteiger partial charge >= 0.3 is 0 Å². The van der Waals surface area contributed by atoms with Crippen molar-refractivity contribution < 1.29 is 9.47 Å². The first kappa shape index (κ1) is 19.1. The summed E-state index contributed by atoms with van der Waals surface area (Å²) >= 11 is 1.83. The Hall–Kier alpha value is -1.24. The molecule has 0 aliphatic heterocycles. The fraction of sp³-hybridized carbons (Fsp3) is 0.714. The minimum absolute atomic E-state index is 0.269. The molecule has 6 heteroatoms. The molecule has 1 saturated carbocycles. The first-order valence-corrected chi connectivity index (χ1v) is 11.2. The van der Waals surface area contributed by atoms with Gasteiger partial charge in [0.15, 0.2) is 0 Å². The Morgan fingerprint density at radius 1 is 1.22 bits per heavy atom. The van der Waals surface area contributed by atoms with Crippen molar-refractivity contribution in [2.45, 2.75) is 82.5 Å². The first-order chi connectivity index (χ1) is 13.2. The van der Waals surface area contributed by atoms with Gasteiger partial charge in [0.05, 0.1) is 11.5 Å². The second-order valence-electron chi connectivity index (χ2n) is 7.92. The highest BCUT2D eigenvalue weighted by atomic mass is 32.1. The molecule has 5 nitrogen and oxygen atoms in total. The molecule has 0 amide bonds. The van der Waals surface area contributed by atoms with Gasteiger partial charge < -0.3 is 14.8 Å². The Kier molecular flexibility index (Phi) is 5.95. The highest BCUT2D eigenvalue weighted by Gasteiger charge is 2.32. The summed E-state index contributed by atoms with van der Waals surface area (Å²) in [5, 5.41) is 4.57. The predicted molar refractivity (Wildman–Crippen MR) is 110 cm³/mol. The molecule has 0 aromatic carbocycles. The van der Waals surface area contributed by atoms with Gasteiger partial charge in [0, 0.05) is 18.0 Å². The number of thiophene rings is 1. The monoisotopic (exact) mass is 389 g/mol. The largest absolute Gasteiger partial charge is 0.474 e. The van der Waals surface area contributed by atoms with Gasteiger partial charge in [0.1, 0.15) is 17.3 Å². The van der Waals surface area contributed by atoms with E-state index in [4.69, 9.17) is 9.47 Å². The molecule has 148 valence electrons. The van der Waals surface area contributed by atoms with E-state index in [0.29, 0.717) is 18.1 Å². The molecular weight excluding hydrogens is 358 g/mol. The van der Waals surface area contributed by atoms with Crippen LogP contribution in [0.1, 0.15) is 68.2 Å². The third-order valence-corrected chi connectivity index (χ3v) is 7.57. The Bertz CT molecular complexity index is 766. The molecule has 2 aromatic rings. The zero-order chi connectivity index (χ0) is 18.8. The molecule has 2 aromatic heterocycles. The lowest BCUT2D eigenvalue weighted by atomic mass is 9.92. The van der Waals surface area contributed by atoms with Crippen LogP contribution in [0, 0.1) is 0 Å². The summed E-state index contributed by atoms with van der Waals surface area (Å²) in [6.45, 7) is 2.20. The normalized spacial score (nSPS) is 26.3. The summed E-state index contributed by atoms with van der Waals surface area (Å²) in [6, 6.07) is 0.630. The standard InChI is InChI=1S/C21H31N3O2S/c1-4-15(25-3)11-13-5-10-17-18(13)19-20(23-12-24-21(19)27-17)26-16-8-6-14(22-2)7-9-16/h12-16,22H,4-11H2,1-3H3/t13-,14-,15-,16-/m1/s1. The molecule has 27 heavy (non-hydrogen) atoms. The Balaban J connectivity index is 1.59. The predicted octanol–water partition coefficient (Wildman–Crippen LogP) is 4.45. The minimum Gasteiger partial charge on any atom is -0.474 e. The molecule has 1 fully saturated rings. The average Bonchev–Trinajstić information content (AvgIpc) is 3.26. The molecule has 0 spiro atoms. The fourth-order valence-corrected chi connectivity index (χ4v) is 5.97. The van der Waals surface area contributed by atoms with Gasteiger partial charge in [-0.1, -0.05) is 6.92 Å². The van der Waals surface area contributed by atoms with Gasteiger partial charge in [0.2, 0.25) is 5.88 Å². The van der Waals surface area contributed by atoms with Crippen molar-refractivity contribution in [3.63, 3.8) is 0 Å². The maximum absolute atomic E-state index is 6.45. The van der Waals surface area contributed by atoms with Gasteiger partial charge in [-0.2, -0.15) is 0 Å². The number of fused-ring (bicyclic) bond motifs is 3. The highest BCUT2D eigenvalue weighted by molar-refractivity contribution is 7.19. The van der Waals surface area contributed by atoms with Crippen LogP contribution in [0.2, 0.25) is 0 Å². The number of nitrogens with one attached hydrogen (secondary N) is 1. The summed E-state index contributed by atoms with van der Waals surface area (Å²) in [5.41, 5.74) is 1.45. The highest BCUT2D eigenvalue weighted by Crippen LogP contribution is 2.48. The maximum Gasteiger partial charge on any atom is 0.225 e. The van der Waals surface area contributed by atoms with E-state index in [0.717, 1.165) is 42.8 Å². The Morgan fingerprint density at radius 3 is 2.74 bits per heavy atom. The second-order valence-corrected chi connectivity index (χ2v) is 9.00. The summed E-state index contributed by atoms with van der Waals surface area (Å²) in [6.07, 6.45) is 11.3. The lowest BCUT2D eigenvalue weighted by Crippen LogP contribution is -2.34. The van der Waals surface area contributed by atoms with Crippen LogP contribution in [0.4, 0.5) is 0 Å². The maximum atomic E-state index is 6.45. The summed E-state index contributed by atoms with van der Waals surface area (Å²) in [7, 11) is 3.88. The topological polar surface area (TPSA) is 56.3 Å². The quantitative estimate of drug-likeness (QED) is 0.758. The smallest absolute Gasteiger partial charge is 0.225 e. The minimum atomic E-state index is 0.269. The van der Waals surface area contributed by atoms with Crippen LogP contribution in [-0.2, 0) is 11.2 Å². The van der Waals surface area contributed by atoms with Crippen LogP contribution < -0.4 is 10.1 Å². The number of aromatic nitrogens is 2. The van der Waals surface area contributed by atoms with Gasteiger partial charge in [-0.05, 0) is 69.9 Å². The zero-order valence-corrected chi connectivity index (χ0v) is 17.5. The number of hydrogen-bond acceptors (Lipinski definition) is 6. The Labute approximate surface area is 165 Å². The third-order valence-electron chi connectivity index (χ3n) is 6.39. The number of ether oxygens (including phenoxy) is 2. The lowest BCUT2D eigenvalue weighted by molar-refractivity contribution is 0.0857. The number of nitrogens with zero attached hydrogens (tertiary/aromatic N) is 2. The van der Waals surface area contributed by atoms with E-state index in [-0.39, 0.29) is 6.10 Å². The molecule has 0 bridgehead atoms. The summed E-state index contributed by atoms with van der Waals surface area (Å²) < 4.78 is 12.1. The second kappa shape index (κ2) is 8.41. The number of aryl methyl sites for hydroxylation is 1. The molecular formula is C21H31N3O2S. The van der Waals surface area contributed by atoms with E-state index in [1.807, 2.05) is 18.4 Å². The van der Waals surface area contributed by atoms with Crippen molar-refractivity contribution >= 4 is 21.6 Å². The van der Waals surface area contributed by atoms with Crippen molar-refractivity contribution in [1.82, 2.24) is 15.3 Å². The lowest BCUT2D eigenvalue weighted by Gasteiger charge is -2.28. The number of hydrogen-bond donors (Lipinski definition) is 1.